The molecular weight excluding hydrogens is 186 g/mol. The Balaban J connectivity index is 2.96. The topological polar surface area (TPSA) is 53.0 Å². The van der Waals surface area contributed by atoms with Crippen LogP contribution in [0.4, 0.5) is 11.4 Å². The molecule has 0 saturated carbocycles. The van der Waals surface area contributed by atoms with Crippen molar-refractivity contribution in [2.75, 3.05) is 17.7 Å². The number of nitriles is 1. The van der Waals surface area contributed by atoms with Crippen molar-refractivity contribution < 1.29 is 0 Å². The van der Waals surface area contributed by atoms with E-state index in [0.29, 0.717) is 6.42 Å². The summed E-state index contributed by atoms with van der Waals surface area (Å²) in [5.41, 5.74) is 8.80. The predicted octanol–water partition coefficient (Wildman–Crippen LogP) is 2.32. The Morgan fingerprint density at radius 3 is 2.80 bits per heavy atom. The van der Waals surface area contributed by atoms with Crippen LogP contribution in [0.5, 0.6) is 0 Å². The first-order valence-electron chi connectivity index (χ1n) is 5.02. The van der Waals surface area contributed by atoms with Crippen LogP contribution in [-0.4, -0.2) is 13.1 Å². The van der Waals surface area contributed by atoms with E-state index in [-0.39, 0.29) is 6.04 Å². The maximum absolute atomic E-state index is 8.65. The van der Waals surface area contributed by atoms with Crippen LogP contribution >= 0.6 is 0 Å². The van der Waals surface area contributed by atoms with E-state index in [2.05, 4.69) is 11.0 Å². The Morgan fingerprint density at radius 2 is 2.20 bits per heavy atom. The van der Waals surface area contributed by atoms with Gasteiger partial charge in [0.05, 0.1) is 12.5 Å². The molecule has 80 valence electrons. The molecule has 0 spiro atoms. The third-order valence-corrected chi connectivity index (χ3v) is 2.77. The lowest BCUT2D eigenvalue weighted by Crippen LogP contribution is -2.29. The average molecular weight is 203 g/mol. The van der Waals surface area contributed by atoms with Gasteiger partial charge in [-0.05, 0) is 31.5 Å². The smallest absolute Gasteiger partial charge is 0.0643 e. The molecule has 0 aromatic heterocycles. The van der Waals surface area contributed by atoms with Crippen molar-refractivity contribution >= 4 is 11.4 Å². The van der Waals surface area contributed by atoms with Gasteiger partial charge in [0.15, 0.2) is 0 Å². The van der Waals surface area contributed by atoms with Crippen LogP contribution < -0.4 is 10.6 Å². The van der Waals surface area contributed by atoms with Crippen LogP contribution in [0.25, 0.3) is 0 Å². The first-order valence-corrected chi connectivity index (χ1v) is 5.02. The summed E-state index contributed by atoms with van der Waals surface area (Å²) in [6.07, 6.45) is 0.519. The number of hydrogen-bond acceptors (Lipinski definition) is 3. The summed E-state index contributed by atoms with van der Waals surface area (Å²) < 4.78 is 0. The molecule has 3 nitrogen and oxygen atoms in total. The van der Waals surface area contributed by atoms with Crippen molar-refractivity contribution in [3.8, 4) is 6.07 Å². The molecule has 1 aromatic rings. The molecule has 1 unspecified atom stereocenters. The molecule has 0 aliphatic heterocycles. The minimum Gasteiger partial charge on any atom is -0.398 e. The van der Waals surface area contributed by atoms with Crippen molar-refractivity contribution in [1.82, 2.24) is 0 Å². The molecular formula is C12H17N3. The minimum atomic E-state index is 0.204. The molecule has 1 rings (SSSR count). The second-order valence-corrected chi connectivity index (χ2v) is 3.81. The fourth-order valence-corrected chi connectivity index (χ4v) is 1.53. The van der Waals surface area contributed by atoms with Crippen LogP contribution in [0.2, 0.25) is 0 Å². The van der Waals surface area contributed by atoms with E-state index in [1.807, 2.05) is 39.1 Å². The molecule has 0 radical (unpaired) electrons. The Labute approximate surface area is 91.1 Å². The quantitative estimate of drug-likeness (QED) is 0.767. The van der Waals surface area contributed by atoms with Gasteiger partial charge in [0, 0.05) is 24.5 Å². The van der Waals surface area contributed by atoms with Crippen molar-refractivity contribution in [3.63, 3.8) is 0 Å². The lowest BCUT2D eigenvalue weighted by molar-refractivity contribution is 0.701. The fraction of sp³-hybridized carbons (Fsp3) is 0.417. The van der Waals surface area contributed by atoms with Gasteiger partial charge in [0.1, 0.15) is 0 Å². The Morgan fingerprint density at radius 1 is 1.53 bits per heavy atom. The van der Waals surface area contributed by atoms with Crippen molar-refractivity contribution in [1.29, 1.82) is 5.26 Å². The van der Waals surface area contributed by atoms with E-state index in [1.165, 1.54) is 0 Å². The number of nitrogens with zero attached hydrogens (tertiary/aromatic N) is 2. The van der Waals surface area contributed by atoms with E-state index in [1.54, 1.807) is 0 Å². The van der Waals surface area contributed by atoms with Crippen molar-refractivity contribution in [2.24, 2.45) is 0 Å². The third-order valence-electron chi connectivity index (χ3n) is 2.77. The summed E-state index contributed by atoms with van der Waals surface area (Å²) in [4.78, 5) is 2.09. The zero-order chi connectivity index (χ0) is 11.4. The first-order chi connectivity index (χ1) is 7.07. The molecule has 0 saturated heterocycles. The summed E-state index contributed by atoms with van der Waals surface area (Å²) in [5.74, 6) is 0. The SMILES string of the molecule is Cc1c(N)cccc1N(C)C(C)CC#N. The molecule has 2 N–H and O–H groups in total. The zero-order valence-electron chi connectivity index (χ0n) is 9.49. The van der Waals surface area contributed by atoms with E-state index >= 15 is 0 Å². The molecule has 1 aromatic carbocycles. The standard InChI is InChI=1S/C12H17N3/c1-9(7-8-13)15(3)12-6-4-5-11(14)10(12)2/h4-6,9H,7,14H2,1-3H3. The highest BCUT2D eigenvalue weighted by molar-refractivity contribution is 5.64. The second kappa shape index (κ2) is 4.70. The van der Waals surface area contributed by atoms with Gasteiger partial charge < -0.3 is 10.6 Å². The summed E-state index contributed by atoms with van der Waals surface area (Å²) in [6, 6.07) is 8.24. The number of rotatable bonds is 3. The highest BCUT2D eigenvalue weighted by Crippen LogP contribution is 2.25. The van der Waals surface area contributed by atoms with Crippen LogP contribution in [0.1, 0.15) is 18.9 Å². The highest BCUT2D eigenvalue weighted by Gasteiger charge is 2.12. The Bertz CT molecular complexity index is 379. The number of nitrogens with two attached hydrogens (primary N) is 1. The molecule has 15 heavy (non-hydrogen) atoms. The average Bonchev–Trinajstić information content (AvgIpc) is 2.21. The second-order valence-electron chi connectivity index (χ2n) is 3.81. The Kier molecular flexibility index (Phi) is 3.56. The molecule has 0 aliphatic rings. The molecule has 0 fully saturated rings. The van der Waals surface area contributed by atoms with Gasteiger partial charge in [-0.15, -0.1) is 0 Å². The fourth-order valence-electron chi connectivity index (χ4n) is 1.53. The molecule has 3 heteroatoms. The molecule has 0 bridgehead atoms. The van der Waals surface area contributed by atoms with Gasteiger partial charge in [0.25, 0.3) is 0 Å². The van der Waals surface area contributed by atoms with Crippen molar-refractivity contribution in [2.45, 2.75) is 26.3 Å². The predicted molar refractivity (Wildman–Crippen MR) is 63.7 cm³/mol. The van der Waals surface area contributed by atoms with Crippen LogP contribution in [0.15, 0.2) is 18.2 Å². The van der Waals surface area contributed by atoms with E-state index < -0.39 is 0 Å². The normalized spacial score (nSPS) is 11.9. The minimum absolute atomic E-state index is 0.204. The van der Waals surface area contributed by atoms with E-state index in [9.17, 15) is 0 Å². The van der Waals surface area contributed by atoms with Crippen LogP contribution in [0, 0.1) is 18.3 Å². The van der Waals surface area contributed by atoms with Gasteiger partial charge in [-0.3, -0.25) is 0 Å². The van der Waals surface area contributed by atoms with Crippen LogP contribution in [-0.2, 0) is 0 Å². The van der Waals surface area contributed by atoms with E-state index in [4.69, 9.17) is 11.0 Å². The number of nitrogen functional groups attached to an aromatic ring is 1. The molecule has 1 atom stereocenters. The summed E-state index contributed by atoms with van der Waals surface area (Å²) in [6.45, 7) is 4.03. The molecule has 0 aliphatic carbocycles. The first kappa shape index (κ1) is 11.4. The monoisotopic (exact) mass is 203 g/mol. The lowest BCUT2D eigenvalue weighted by Gasteiger charge is -2.27. The van der Waals surface area contributed by atoms with Gasteiger partial charge in [-0.25, -0.2) is 0 Å². The number of hydrogen-bond donors (Lipinski definition) is 1. The third kappa shape index (κ3) is 2.41. The maximum Gasteiger partial charge on any atom is 0.0643 e. The van der Waals surface area contributed by atoms with Gasteiger partial charge in [-0.2, -0.15) is 5.26 Å². The zero-order valence-corrected chi connectivity index (χ0v) is 9.49. The molecule has 0 heterocycles. The van der Waals surface area contributed by atoms with Gasteiger partial charge in [0.2, 0.25) is 0 Å². The lowest BCUT2D eigenvalue weighted by atomic mass is 10.1. The van der Waals surface area contributed by atoms with Crippen molar-refractivity contribution in [3.05, 3.63) is 23.8 Å². The maximum atomic E-state index is 8.65. The largest absolute Gasteiger partial charge is 0.398 e. The molecule has 0 amide bonds. The summed E-state index contributed by atoms with van der Waals surface area (Å²) in [5, 5.41) is 8.65. The Hall–Kier alpha value is -1.69. The van der Waals surface area contributed by atoms with Gasteiger partial charge >= 0.3 is 0 Å². The van der Waals surface area contributed by atoms with E-state index in [0.717, 1.165) is 16.9 Å². The van der Waals surface area contributed by atoms with Crippen LogP contribution in [0.3, 0.4) is 0 Å². The summed E-state index contributed by atoms with van der Waals surface area (Å²) >= 11 is 0. The number of anilines is 2. The highest BCUT2D eigenvalue weighted by atomic mass is 15.1. The number of benzene rings is 1. The summed E-state index contributed by atoms with van der Waals surface area (Å²) in [7, 11) is 1.99. The van der Waals surface area contributed by atoms with Gasteiger partial charge in [-0.1, -0.05) is 6.07 Å².